The molecule has 1 unspecified atom stereocenters. The van der Waals surface area contributed by atoms with Gasteiger partial charge in [-0.2, -0.15) is 0 Å². The lowest BCUT2D eigenvalue weighted by molar-refractivity contribution is -0.121. The molecule has 0 spiro atoms. The molecule has 0 aromatic rings. The summed E-state index contributed by atoms with van der Waals surface area (Å²) in [7, 11) is -3.92. The predicted molar refractivity (Wildman–Crippen MR) is 153 cm³/mol. The highest BCUT2D eigenvalue weighted by molar-refractivity contribution is 6.74. The standard InChI is InChI=1S/C29H56O3Si2/c1-14-16-18-22(3)26(31-33(10,11)28(4,5)6)20-19-24-23(17-15-2)25(30)21-27(24)32-34(12,13)29(7,8)9/h15,19-20,22-24,26-27H,2,14,16-18,21H2,1,3-13H3/t22?,23-,24-,26-,27-/m1/s1. The Kier molecular flexibility index (Phi) is 11.3. The maximum atomic E-state index is 13.0. The zero-order chi connectivity index (χ0) is 26.5. The first-order valence-electron chi connectivity index (χ1n) is 13.6. The molecule has 1 aliphatic rings. The van der Waals surface area contributed by atoms with Gasteiger partial charge >= 0.3 is 0 Å². The van der Waals surface area contributed by atoms with E-state index in [4.69, 9.17) is 8.85 Å². The lowest BCUT2D eigenvalue weighted by Crippen LogP contribution is -2.45. The molecule has 0 heterocycles. The normalized spacial score (nSPS) is 24.6. The average Bonchev–Trinajstić information content (AvgIpc) is 2.95. The van der Waals surface area contributed by atoms with Crippen LogP contribution in [-0.2, 0) is 13.6 Å². The van der Waals surface area contributed by atoms with E-state index in [1.807, 2.05) is 6.08 Å². The van der Waals surface area contributed by atoms with E-state index in [1.54, 1.807) is 0 Å². The molecule has 0 saturated heterocycles. The smallest absolute Gasteiger partial charge is 0.192 e. The molecule has 0 bridgehead atoms. The van der Waals surface area contributed by atoms with Crippen LogP contribution in [0.5, 0.6) is 0 Å². The Morgan fingerprint density at radius 1 is 1.06 bits per heavy atom. The lowest BCUT2D eigenvalue weighted by atomic mass is 9.89. The Balaban J connectivity index is 3.30. The SMILES string of the molecule is C=CC[C@H]1C(=O)C[C@@H](O[Si](C)(C)C(C)(C)C)[C@@H]1C=C[C@@H](O[Si](C)(C)C(C)(C)C)C(C)CCCC. The van der Waals surface area contributed by atoms with Gasteiger partial charge in [0.15, 0.2) is 16.6 Å². The predicted octanol–water partition coefficient (Wildman–Crippen LogP) is 8.93. The number of unbranched alkanes of at least 4 members (excludes halogenated alkanes) is 1. The van der Waals surface area contributed by atoms with Crippen molar-refractivity contribution >= 4 is 22.4 Å². The Labute approximate surface area is 214 Å². The summed E-state index contributed by atoms with van der Waals surface area (Å²) in [5.74, 6) is 0.811. The second-order valence-corrected chi connectivity index (χ2v) is 23.2. The Morgan fingerprint density at radius 2 is 1.62 bits per heavy atom. The van der Waals surface area contributed by atoms with Gasteiger partial charge in [-0.05, 0) is 55.0 Å². The van der Waals surface area contributed by atoms with Gasteiger partial charge in [0.1, 0.15) is 5.78 Å². The largest absolute Gasteiger partial charge is 0.413 e. The minimum absolute atomic E-state index is 0.0389. The molecule has 1 saturated carbocycles. The molecule has 5 heteroatoms. The van der Waals surface area contributed by atoms with Gasteiger partial charge in [-0.1, -0.05) is 86.5 Å². The average molecular weight is 509 g/mol. The van der Waals surface area contributed by atoms with Gasteiger partial charge in [0.2, 0.25) is 0 Å². The Morgan fingerprint density at radius 3 is 2.09 bits per heavy atom. The van der Waals surface area contributed by atoms with E-state index in [-0.39, 0.29) is 34.1 Å². The van der Waals surface area contributed by atoms with Crippen LogP contribution in [0.2, 0.25) is 36.3 Å². The number of hydrogen-bond acceptors (Lipinski definition) is 3. The molecule has 0 aromatic carbocycles. The van der Waals surface area contributed by atoms with Gasteiger partial charge in [0.05, 0.1) is 12.2 Å². The molecule has 198 valence electrons. The molecule has 0 N–H and O–H groups in total. The van der Waals surface area contributed by atoms with Crippen LogP contribution in [0.4, 0.5) is 0 Å². The first-order valence-corrected chi connectivity index (χ1v) is 19.4. The van der Waals surface area contributed by atoms with Gasteiger partial charge in [-0.3, -0.25) is 4.79 Å². The van der Waals surface area contributed by atoms with Crippen molar-refractivity contribution in [1.82, 2.24) is 0 Å². The van der Waals surface area contributed by atoms with E-state index >= 15 is 0 Å². The topological polar surface area (TPSA) is 35.5 Å². The van der Waals surface area contributed by atoms with Crippen molar-refractivity contribution in [3.8, 4) is 0 Å². The van der Waals surface area contributed by atoms with Crippen molar-refractivity contribution in [1.29, 1.82) is 0 Å². The molecule has 3 nitrogen and oxygen atoms in total. The quantitative estimate of drug-likeness (QED) is 0.195. The molecular formula is C29H56O3Si2. The van der Waals surface area contributed by atoms with E-state index in [2.05, 4.69) is 100 Å². The number of rotatable bonds is 12. The first kappa shape index (κ1) is 31.5. The molecule has 0 aliphatic heterocycles. The molecule has 0 radical (unpaired) electrons. The number of carbonyl (C=O) groups excluding carboxylic acids is 1. The molecule has 1 fully saturated rings. The summed E-state index contributed by atoms with van der Waals surface area (Å²) in [5, 5.41) is 0.274. The third kappa shape index (κ3) is 8.28. The number of ketones is 1. The Hall–Kier alpha value is -0.496. The van der Waals surface area contributed by atoms with Crippen LogP contribution in [-0.4, -0.2) is 34.6 Å². The minimum Gasteiger partial charge on any atom is -0.413 e. The molecule has 5 atom stereocenters. The summed E-state index contributed by atoms with van der Waals surface area (Å²) in [6.07, 6.45) is 11.3. The fourth-order valence-corrected chi connectivity index (χ4v) is 6.85. The maximum Gasteiger partial charge on any atom is 0.192 e. The van der Waals surface area contributed by atoms with Crippen LogP contribution in [0.3, 0.4) is 0 Å². The highest BCUT2D eigenvalue weighted by atomic mass is 28.4. The molecule has 1 rings (SSSR count). The monoisotopic (exact) mass is 508 g/mol. The van der Waals surface area contributed by atoms with Gasteiger partial charge in [0, 0.05) is 18.3 Å². The maximum absolute atomic E-state index is 13.0. The number of hydrogen-bond donors (Lipinski definition) is 0. The molecule has 34 heavy (non-hydrogen) atoms. The van der Waals surface area contributed by atoms with Crippen molar-refractivity contribution in [2.24, 2.45) is 17.8 Å². The van der Waals surface area contributed by atoms with Crippen molar-refractivity contribution in [3.63, 3.8) is 0 Å². The van der Waals surface area contributed by atoms with Crippen molar-refractivity contribution in [2.45, 2.75) is 136 Å². The third-order valence-electron chi connectivity index (χ3n) is 8.72. The van der Waals surface area contributed by atoms with Crippen LogP contribution in [0.1, 0.15) is 87.5 Å². The Bertz CT molecular complexity index is 697. The zero-order valence-corrected chi connectivity index (χ0v) is 26.6. The van der Waals surface area contributed by atoms with E-state index in [9.17, 15) is 4.79 Å². The molecule has 0 aromatic heterocycles. The van der Waals surface area contributed by atoms with Crippen LogP contribution in [0.25, 0.3) is 0 Å². The van der Waals surface area contributed by atoms with Gasteiger partial charge < -0.3 is 8.85 Å². The van der Waals surface area contributed by atoms with Crippen LogP contribution in [0.15, 0.2) is 24.8 Å². The highest BCUT2D eigenvalue weighted by Gasteiger charge is 2.47. The third-order valence-corrected chi connectivity index (χ3v) is 17.7. The number of Topliss-reactive ketones (excluding diaryl/α,β-unsaturated/α-hetero) is 1. The van der Waals surface area contributed by atoms with E-state index in [0.29, 0.717) is 24.5 Å². The highest BCUT2D eigenvalue weighted by Crippen LogP contribution is 2.43. The van der Waals surface area contributed by atoms with Crippen molar-refractivity contribution in [3.05, 3.63) is 24.8 Å². The lowest BCUT2D eigenvalue weighted by Gasteiger charge is -2.41. The first-order chi connectivity index (χ1) is 15.4. The fourth-order valence-electron chi connectivity index (χ4n) is 4.15. The summed E-state index contributed by atoms with van der Waals surface area (Å²) in [6, 6.07) is 0. The fraction of sp³-hybridized carbons (Fsp3) is 0.828. The molecule has 1 aliphatic carbocycles. The molecular weight excluding hydrogens is 452 g/mol. The van der Waals surface area contributed by atoms with E-state index < -0.39 is 16.6 Å². The van der Waals surface area contributed by atoms with Crippen LogP contribution < -0.4 is 0 Å². The van der Waals surface area contributed by atoms with Gasteiger partial charge in [-0.15, -0.1) is 6.58 Å². The number of allylic oxidation sites excluding steroid dienone is 1. The van der Waals surface area contributed by atoms with Crippen molar-refractivity contribution in [2.75, 3.05) is 0 Å². The summed E-state index contributed by atoms with van der Waals surface area (Å²) in [5.41, 5.74) is 0. The number of carbonyl (C=O) groups is 1. The summed E-state index contributed by atoms with van der Waals surface area (Å²) >= 11 is 0. The summed E-state index contributed by atoms with van der Waals surface area (Å²) < 4.78 is 13.8. The zero-order valence-electron chi connectivity index (χ0n) is 24.6. The van der Waals surface area contributed by atoms with Crippen LogP contribution in [0, 0.1) is 17.8 Å². The van der Waals surface area contributed by atoms with Crippen LogP contribution >= 0.6 is 0 Å². The van der Waals surface area contributed by atoms with E-state index in [0.717, 1.165) is 6.42 Å². The van der Waals surface area contributed by atoms with E-state index in [1.165, 1.54) is 12.8 Å². The van der Waals surface area contributed by atoms with Crippen molar-refractivity contribution < 1.29 is 13.6 Å². The minimum atomic E-state index is -1.99. The molecule has 0 amide bonds. The second kappa shape index (κ2) is 12.2. The second-order valence-electron chi connectivity index (χ2n) is 13.6. The van der Waals surface area contributed by atoms with Gasteiger partial charge in [-0.25, -0.2) is 0 Å². The summed E-state index contributed by atoms with van der Waals surface area (Å²) in [4.78, 5) is 13.0. The van der Waals surface area contributed by atoms with Gasteiger partial charge in [0.25, 0.3) is 0 Å². The summed E-state index contributed by atoms with van der Waals surface area (Å²) in [6.45, 7) is 31.5.